The summed E-state index contributed by atoms with van der Waals surface area (Å²) in [5.74, 6) is -1.99. The van der Waals surface area contributed by atoms with Gasteiger partial charge < -0.3 is 30.6 Å². The summed E-state index contributed by atoms with van der Waals surface area (Å²) in [7, 11) is 0. The van der Waals surface area contributed by atoms with Gasteiger partial charge in [-0.1, -0.05) is 13.8 Å². The second-order valence-electron chi connectivity index (χ2n) is 1.96. The van der Waals surface area contributed by atoms with E-state index in [2.05, 4.69) is 0 Å². The van der Waals surface area contributed by atoms with Gasteiger partial charge in [0.05, 0.1) is 6.61 Å². The van der Waals surface area contributed by atoms with E-state index < -0.39 is 11.9 Å². The summed E-state index contributed by atoms with van der Waals surface area (Å²) >= 11 is 0. The van der Waals surface area contributed by atoms with Crippen molar-refractivity contribution in [2.24, 2.45) is 5.73 Å². The van der Waals surface area contributed by atoms with Crippen LogP contribution in [-0.2, 0) is 29.1 Å². The summed E-state index contributed by atoms with van der Waals surface area (Å²) in [6, 6.07) is 0. The molecule has 7 heteroatoms. The zero-order chi connectivity index (χ0) is 12.0. The van der Waals surface area contributed by atoms with Crippen LogP contribution in [0.1, 0.15) is 26.7 Å². The first-order valence-corrected chi connectivity index (χ1v) is 4.16. The second kappa shape index (κ2) is 23.4. The number of hydrogen-bond acceptors (Lipinski definition) is 6. The van der Waals surface area contributed by atoms with Gasteiger partial charge in [0.15, 0.2) is 0 Å². The van der Waals surface area contributed by atoms with Gasteiger partial charge in [-0.25, -0.2) is 0 Å². The van der Waals surface area contributed by atoms with E-state index in [4.69, 9.17) is 10.8 Å². The fourth-order valence-corrected chi connectivity index (χ4v) is 0. The van der Waals surface area contributed by atoms with Crippen molar-refractivity contribution in [1.29, 1.82) is 0 Å². The first-order chi connectivity index (χ1) is 6.45. The fourth-order valence-electron chi connectivity index (χ4n) is 0. The summed E-state index contributed by atoms with van der Waals surface area (Å²) in [6.07, 6.45) is 0.222. The standard InChI is InChI=1S/2C3H6O2.C2H7NO.Zn/c2*1-2-3(4)5;3-1-2-4;/h2*2H2,1H3,(H,4,5);4H,1-3H2;/q;;;+2/p-2. The van der Waals surface area contributed by atoms with Crippen molar-refractivity contribution in [2.75, 3.05) is 13.2 Å². The predicted molar refractivity (Wildman–Crippen MR) is 46.7 cm³/mol. The van der Waals surface area contributed by atoms with Crippen LogP contribution in [0, 0.1) is 0 Å². The van der Waals surface area contributed by atoms with Crippen LogP contribution in [0.25, 0.3) is 0 Å². The molecule has 3 N–H and O–H groups in total. The molecule has 15 heavy (non-hydrogen) atoms. The Morgan fingerprint density at radius 3 is 1.27 bits per heavy atom. The Kier molecular flexibility index (Phi) is 37.3. The summed E-state index contributed by atoms with van der Waals surface area (Å²) in [5.41, 5.74) is 4.78. The minimum atomic E-state index is -0.995. The van der Waals surface area contributed by atoms with Crippen LogP contribution in [0.4, 0.5) is 0 Å². The SMILES string of the molecule is CCC(=O)[O-].CCC(=O)[O-].NCCO.[Zn+2]. The number of carbonyl (C=O) groups is 2. The van der Waals surface area contributed by atoms with Gasteiger partial charge in [0.25, 0.3) is 0 Å². The molecular weight excluding hydrogens is 255 g/mol. The third-order valence-electron chi connectivity index (χ3n) is 0.706. The van der Waals surface area contributed by atoms with E-state index >= 15 is 0 Å². The molecule has 0 amide bonds. The Balaban J connectivity index is -0.0000000590. The first-order valence-electron chi connectivity index (χ1n) is 4.16. The number of carboxylic acid groups (broad SMARTS) is 2. The van der Waals surface area contributed by atoms with Crippen molar-refractivity contribution in [1.82, 2.24) is 0 Å². The molecule has 0 aromatic rings. The van der Waals surface area contributed by atoms with E-state index in [1.165, 1.54) is 13.8 Å². The van der Waals surface area contributed by atoms with Gasteiger partial charge in [-0.2, -0.15) is 0 Å². The van der Waals surface area contributed by atoms with Crippen molar-refractivity contribution >= 4 is 11.9 Å². The molecule has 0 spiro atoms. The molecule has 0 aromatic heterocycles. The molecule has 0 fully saturated rings. The van der Waals surface area contributed by atoms with E-state index in [9.17, 15) is 19.8 Å². The number of hydrogen-bond donors (Lipinski definition) is 2. The molecule has 0 rings (SSSR count). The monoisotopic (exact) mass is 271 g/mol. The van der Waals surface area contributed by atoms with Crippen molar-refractivity contribution in [3.8, 4) is 0 Å². The van der Waals surface area contributed by atoms with Gasteiger partial charge in [-0.3, -0.25) is 0 Å². The number of nitrogens with two attached hydrogens (primary N) is 1. The zero-order valence-corrected chi connectivity index (χ0v) is 12.2. The Hall–Kier alpha value is -0.517. The topological polar surface area (TPSA) is 127 Å². The minimum absolute atomic E-state index is 0. The Morgan fingerprint density at radius 2 is 1.27 bits per heavy atom. The Morgan fingerprint density at radius 1 is 1.13 bits per heavy atom. The zero-order valence-electron chi connectivity index (χ0n) is 9.19. The second-order valence-corrected chi connectivity index (χ2v) is 1.96. The molecule has 0 radical (unpaired) electrons. The number of aliphatic carboxylic acids is 2. The number of carbonyl (C=O) groups excluding carboxylic acids is 2. The predicted octanol–water partition coefficient (Wildman–Crippen LogP) is -2.77. The molecular formula is C8H17NO5Zn. The summed E-state index contributed by atoms with van der Waals surface area (Å²) < 4.78 is 0. The van der Waals surface area contributed by atoms with Gasteiger partial charge in [0.2, 0.25) is 0 Å². The minimum Gasteiger partial charge on any atom is -0.550 e. The molecule has 0 bridgehead atoms. The Bertz CT molecular complexity index is 127. The van der Waals surface area contributed by atoms with Crippen LogP contribution in [0.2, 0.25) is 0 Å². The van der Waals surface area contributed by atoms with E-state index in [0.717, 1.165) is 0 Å². The van der Waals surface area contributed by atoms with Crippen LogP contribution >= 0.6 is 0 Å². The van der Waals surface area contributed by atoms with Crippen LogP contribution in [0.15, 0.2) is 0 Å². The van der Waals surface area contributed by atoms with Gasteiger partial charge >= 0.3 is 19.5 Å². The van der Waals surface area contributed by atoms with Crippen molar-refractivity contribution in [3.63, 3.8) is 0 Å². The van der Waals surface area contributed by atoms with Crippen LogP contribution in [0.5, 0.6) is 0 Å². The molecule has 0 aliphatic heterocycles. The Labute approximate surface area is 102 Å². The number of carboxylic acids is 2. The summed E-state index contributed by atoms with van der Waals surface area (Å²) in [4.78, 5) is 18.5. The van der Waals surface area contributed by atoms with Crippen LogP contribution in [-0.4, -0.2) is 30.2 Å². The van der Waals surface area contributed by atoms with E-state index in [0.29, 0.717) is 6.54 Å². The molecule has 0 heterocycles. The van der Waals surface area contributed by atoms with Crippen LogP contribution < -0.4 is 15.9 Å². The smallest absolute Gasteiger partial charge is 0.550 e. The maximum atomic E-state index is 9.26. The average Bonchev–Trinajstić information content (AvgIpc) is 2.19. The van der Waals surface area contributed by atoms with Crippen LogP contribution in [0.3, 0.4) is 0 Å². The molecule has 0 aliphatic carbocycles. The van der Waals surface area contributed by atoms with Gasteiger partial charge in [-0.15, -0.1) is 0 Å². The summed E-state index contributed by atoms with van der Waals surface area (Å²) in [6.45, 7) is 3.55. The molecule has 0 aromatic carbocycles. The van der Waals surface area contributed by atoms with Gasteiger partial charge in [-0.05, 0) is 12.8 Å². The van der Waals surface area contributed by atoms with Gasteiger partial charge in [0.1, 0.15) is 0 Å². The van der Waals surface area contributed by atoms with E-state index in [-0.39, 0.29) is 38.9 Å². The fraction of sp³-hybridized carbons (Fsp3) is 0.750. The average molecular weight is 273 g/mol. The molecule has 86 valence electrons. The van der Waals surface area contributed by atoms with Gasteiger partial charge in [0, 0.05) is 18.5 Å². The normalized spacial score (nSPS) is 6.93. The molecule has 6 nitrogen and oxygen atoms in total. The van der Waals surface area contributed by atoms with Crippen molar-refractivity contribution in [3.05, 3.63) is 0 Å². The number of aliphatic hydroxyl groups excluding tert-OH is 1. The first kappa shape index (κ1) is 24.0. The number of rotatable bonds is 3. The van der Waals surface area contributed by atoms with Crippen molar-refractivity contribution in [2.45, 2.75) is 26.7 Å². The maximum Gasteiger partial charge on any atom is 2.00 e. The molecule has 0 aliphatic rings. The van der Waals surface area contributed by atoms with E-state index in [1.54, 1.807) is 0 Å². The summed E-state index contributed by atoms with van der Waals surface area (Å²) in [5, 5.41) is 26.3. The van der Waals surface area contributed by atoms with Crippen molar-refractivity contribution < 1.29 is 44.4 Å². The molecule has 0 atom stereocenters. The maximum absolute atomic E-state index is 9.26. The number of aliphatic hydroxyl groups is 1. The molecule has 0 saturated heterocycles. The third-order valence-corrected chi connectivity index (χ3v) is 0.706. The van der Waals surface area contributed by atoms with E-state index in [1.807, 2.05) is 0 Å². The molecule has 0 saturated carbocycles. The largest absolute Gasteiger partial charge is 2.00 e. The quantitative estimate of drug-likeness (QED) is 0.535. The third kappa shape index (κ3) is 88.5. The molecule has 0 unspecified atom stereocenters.